The predicted molar refractivity (Wildman–Crippen MR) is 122 cm³/mol. The van der Waals surface area contributed by atoms with E-state index in [0.717, 1.165) is 5.56 Å². The van der Waals surface area contributed by atoms with Crippen LogP contribution in [0.2, 0.25) is 0 Å². The minimum absolute atomic E-state index is 0.271. The topological polar surface area (TPSA) is 86.2 Å². The molecule has 0 saturated heterocycles. The number of nitrogens with one attached hydrogen (secondary N) is 1. The third-order valence-corrected chi connectivity index (χ3v) is 4.32. The summed E-state index contributed by atoms with van der Waals surface area (Å²) in [4.78, 5) is 24.3. The molecular formula is C25H22N2O5. The summed E-state index contributed by atoms with van der Waals surface area (Å²) >= 11 is 0. The molecule has 0 radical (unpaired) electrons. The molecule has 1 amide bonds. The third-order valence-electron chi connectivity index (χ3n) is 4.32. The Balaban J connectivity index is 1.62. The minimum atomic E-state index is -0.529. The lowest BCUT2D eigenvalue weighted by Crippen LogP contribution is -2.17. The molecule has 3 aromatic rings. The summed E-state index contributed by atoms with van der Waals surface area (Å²) < 4.78 is 15.8. The molecule has 0 atom stereocenters. The van der Waals surface area contributed by atoms with Gasteiger partial charge in [-0.3, -0.25) is 4.79 Å². The number of methoxy groups -OCH3 is 2. The number of benzene rings is 3. The zero-order chi connectivity index (χ0) is 22.8. The van der Waals surface area contributed by atoms with E-state index >= 15 is 0 Å². The summed E-state index contributed by atoms with van der Waals surface area (Å²) in [6, 6.07) is 21.1. The van der Waals surface area contributed by atoms with Crippen molar-refractivity contribution in [1.29, 1.82) is 0 Å². The van der Waals surface area contributed by atoms with Gasteiger partial charge in [-0.25, -0.2) is 10.2 Å². The SMILES string of the molecule is COc1cccc(C(=O)N/N=C/c2ccc(OC(=O)/C=C/c3ccccc3)c(OC)c2)c1. The normalized spacial score (nSPS) is 10.8. The van der Waals surface area contributed by atoms with Crippen molar-refractivity contribution in [3.05, 3.63) is 95.6 Å². The van der Waals surface area contributed by atoms with E-state index in [1.165, 1.54) is 26.5 Å². The molecule has 0 bridgehead atoms. The number of rotatable bonds is 8. The standard InChI is InChI=1S/C25H22N2O5/c1-30-21-10-6-9-20(16-21)25(29)27-26-17-19-11-13-22(23(15-19)31-2)32-24(28)14-12-18-7-4-3-5-8-18/h3-17H,1-2H3,(H,27,29)/b14-12+,26-17+. The summed E-state index contributed by atoms with van der Waals surface area (Å²) in [5, 5.41) is 3.96. The van der Waals surface area contributed by atoms with E-state index in [2.05, 4.69) is 10.5 Å². The van der Waals surface area contributed by atoms with Crippen LogP contribution in [0.5, 0.6) is 17.2 Å². The van der Waals surface area contributed by atoms with Gasteiger partial charge < -0.3 is 14.2 Å². The average Bonchev–Trinajstić information content (AvgIpc) is 2.84. The molecule has 0 fully saturated rings. The van der Waals surface area contributed by atoms with E-state index in [-0.39, 0.29) is 11.7 Å². The quantitative estimate of drug-likeness (QED) is 0.191. The van der Waals surface area contributed by atoms with Crippen molar-refractivity contribution in [3.63, 3.8) is 0 Å². The lowest BCUT2D eigenvalue weighted by molar-refractivity contribution is -0.129. The summed E-state index contributed by atoms with van der Waals surface area (Å²) in [5.74, 6) is 0.305. The highest BCUT2D eigenvalue weighted by molar-refractivity contribution is 5.95. The van der Waals surface area contributed by atoms with Gasteiger partial charge in [0.1, 0.15) is 5.75 Å². The maximum absolute atomic E-state index is 12.2. The number of hydrogen-bond donors (Lipinski definition) is 1. The van der Waals surface area contributed by atoms with Gasteiger partial charge in [-0.1, -0.05) is 36.4 Å². The van der Waals surface area contributed by atoms with Crippen LogP contribution in [0.3, 0.4) is 0 Å². The Kier molecular flexibility index (Phi) is 7.75. The van der Waals surface area contributed by atoms with Crippen molar-refractivity contribution in [2.75, 3.05) is 14.2 Å². The maximum atomic E-state index is 12.2. The Bertz CT molecular complexity index is 1140. The lowest BCUT2D eigenvalue weighted by Gasteiger charge is -2.08. The number of esters is 1. The Morgan fingerprint density at radius 2 is 1.66 bits per heavy atom. The Morgan fingerprint density at radius 3 is 2.41 bits per heavy atom. The number of ether oxygens (including phenoxy) is 3. The van der Waals surface area contributed by atoms with Crippen molar-refractivity contribution in [1.82, 2.24) is 5.43 Å². The molecule has 0 aliphatic heterocycles. The molecule has 0 unspecified atom stereocenters. The lowest BCUT2D eigenvalue weighted by atomic mass is 10.2. The minimum Gasteiger partial charge on any atom is -0.497 e. The van der Waals surface area contributed by atoms with Crippen LogP contribution in [0, 0.1) is 0 Å². The Hall–Kier alpha value is -4.39. The monoisotopic (exact) mass is 430 g/mol. The van der Waals surface area contributed by atoms with E-state index in [1.807, 2.05) is 30.3 Å². The highest BCUT2D eigenvalue weighted by atomic mass is 16.6. The van der Waals surface area contributed by atoms with E-state index < -0.39 is 5.97 Å². The third kappa shape index (κ3) is 6.30. The number of amides is 1. The first kappa shape index (κ1) is 22.3. The van der Waals surface area contributed by atoms with Crippen LogP contribution in [-0.2, 0) is 4.79 Å². The highest BCUT2D eigenvalue weighted by Crippen LogP contribution is 2.27. The van der Waals surface area contributed by atoms with Gasteiger partial charge in [0.2, 0.25) is 0 Å². The van der Waals surface area contributed by atoms with E-state index in [4.69, 9.17) is 14.2 Å². The van der Waals surface area contributed by atoms with Crippen molar-refractivity contribution in [2.24, 2.45) is 5.10 Å². The van der Waals surface area contributed by atoms with Crippen LogP contribution >= 0.6 is 0 Å². The fourth-order valence-electron chi connectivity index (χ4n) is 2.71. The molecule has 0 saturated carbocycles. The number of carbonyl (C=O) groups excluding carboxylic acids is 2. The zero-order valence-corrected chi connectivity index (χ0v) is 17.6. The second kappa shape index (κ2) is 11.1. The average molecular weight is 430 g/mol. The molecule has 0 heterocycles. The molecule has 0 spiro atoms. The van der Waals surface area contributed by atoms with Crippen LogP contribution in [0.4, 0.5) is 0 Å². The van der Waals surface area contributed by atoms with Crippen LogP contribution in [0.1, 0.15) is 21.5 Å². The van der Waals surface area contributed by atoms with Gasteiger partial charge in [0.15, 0.2) is 11.5 Å². The molecule has 0 aliphatic carbocycles. The number of hydrogen-bond acceptors (Lipinski definition) is 6. The molecule has 7 heteroatoms. The van der Waals surface area contributed by atoms with Gasteiger partial charge >= 0.3 is 5.97 Å². The molecule has 0 aromatic heterocycles. The van der Waals surface area contributed by atoms with Crippen molar-refractivity contribution in [2.45, 2.75) is 0 Å². The summed E-state index contributed by atoms with van der Waals surface area (Å²) in [7, 11) is 3.00. The Morgan fingerprint density at radius 1 is 0.844 bits per heavy atom. The fraction of sp³-hybridized carbons (Fsp3) is 0.0800. The van der Waals surface area contributed by atoms with Gasteiger partial charge in [0.25, 0.3) is 5.91 Å². The van der Waals surface area contributed by atoms with Crippen molar-refractivity contribution in [3.8, 4) is 17.2 Å². The second-order valence-corrected chi connectivity index (χ2v) is 6.51. The molecule has 162 valence electrons. The largest absolute Gasteiger partial charge is 0.497 e. The summed E-state index contributed by atoms with van der Waals surface area (Å²) in [6.07, 6.45) is 4.47. The highest BCUT2D eigenvalue weighted by Gasteiger charge is 2.09. The van der Waals surface area contributed by atoms with Crippen LogP contribution in [0.15, 0.2) is 84.0 Å². The van der Waals surface area contributed by atoms with Gasteiger partial charge in [0.05, 0.1) is 20.4 Å². The van der Waals surface area contributed by atoms with Crippen molar-refractivity contribution >= 4 is 24.2 Å². The van der Waals surface area contributed by atoms with Gasteiger partial charge in [0, 0.05) is 11.6 Å². The molecule has 7 nitrogen and oxygen atoms in total. The zero-order valence-electron chi connectivity index (χ0n) is 17.6. The van der Waals surface area contributed by atoms with Crippen LogP contribution < -0.4 is 19.6 Å². The second-order valence-electron chi connectivity index (χ2n) is 6.51. The first-order valence-corrected chi connectivity index (χ1v) is 9.69. The van der Waals surface area contributed by atoms with E-state index in [0.29, 0.717) is 22.6 Å². The molecule has 3 aromatic carbocycles. The molecule has 1 N–H and O–H groups in total. The summed E-state index contributed by atoms with van der Waals surface area (Å²) in [5.41, 5.74) is 4.41. The smallest absolute Gasteiger partial charge is 0.336 e. The van der Waals surface area contributed by atoms with Crippen LogP contribution in [0.25, 0.3) is 6.08 Å². The fourth-order valence-corrected chi connectivity index (χ4v) is 2.71. The number of nitrogens with zero attached hydrogens (tertiary/aromatic N) is 1. The van der Waals surface area contributed by atoms with Gasteiger partial charge in [-0.15, -0.1) is 0 Å². The van der Waals surface area contributed by atoms with E-state index in [1.54, 1.807) is 48.5 Å². The molecule has 0 aliphatic rings. The molecule has 32 heavy (non-hydrogen) atoms. The Labute approximate surface area is 185 Å². The van der Waals surface area contributed by atoms with Crippen LogP contribution in [-0.4, -0.2) is 32.3 Å². The van der Waals surface area contributed by atoms with E-state index in [9.17, 15) is 9.59 Å². The molecule has 3 rings (SSSR count). The first-order chi connectivity index (χ1) is 15.6. The van der Waals surface area contributed by atoms with Gasteiger partial charge in [-0.05, 0) is 53.6 Å². The molecular weight excluding hydrogens is 408 g/mol. The first-order valence-electron chi connectivity index (χ1n) is 9.69. The van der Waals surface area contributed by atoms with Gasteiger partial charge in [-0.2, -0.15) is 5.10 Å². The number of carbonyl (C=O) groups is 2. The summed E-state index contributed by atoms with van der Waals surface area (Å²) in [6.45, 7) is 0. The number of hydrazone groups is 1. The maximum Gasteiger partial charge on any atom is 0.336 e. The predicted octanol–water partition coefficient (Wildman–Crippen LogP) is 4.09. The van der Waals surface area contributed by atoms with Crippen molar-refractivity contribution < 1.29 is 23.8 Å².